The molecule has 1 aliphatic heterocycles. The second-order valence-corrected chi connectivity index (χ2v) is 5.24. The minimum Gasteiger partial charge on any atom is -0.493 e. The van der Waals surface area contributed by atoms with Crippen molar-refractivity contribution in [2.75, 3.05) is 13.9 Å². The van der Waals surface area contributed by atoms with Crippen molar-refractivity contribution in [3.8, 4) is 17.2 Å². The Labute approximate surface area is 129 Å². The molecule has 3 rings (SSSR count). The van der Waals surface area contributed by atoms with Crippen LogP contribution in [0.15, 0.2) is 42.5 Å². The summed E-state index contributed by atoms with van der Waals surface area (Å²) in [5.74, 6) is 1.74. The van der Waals surface area contributed by atoms with E-state index in [-0.39, 0.29) is 6.79 Å². The Balaban J connectivity index is 1.81. The molecular weight excluding hydrogens is 282 g/mol. The van der Waals surface area contributed by atoms with Gasteiger partial charge in [0.2, 0.25) is 12.5 Å². The Morgan fingerprint density at radius 1 is 1.23 bits per heavy atom. The number of methoxy groups -OCH3 is 1. The van der Waals surface area contributed by atoms with Gasteiger partial charge in [0.15, 0.2) is 11.5 Å². The van der Waals surface area contributed by atoms with E-state index in [0.29, 0.717) is 23.7 Å². The lowest BCUT2D eigenvalue weighted by molar-refractivity contribution is 0.145. The summed E-state index contributed by atoms with van der Waals surface area (Å²) < 4.78 is 16.1. The molecule has 1 heterocycles. The molecule has 0 saturated carbocycles. The van der Waals surface area contributed by atoms with Gasteiger partial charge in [0.1, 0.15) is 0 Å². The summed E-state index contributed by atoms with van der Waals surface area (Å²) in [6.07, 6.45) is -0.217. The van der Waals surface area contributed by atoms with E-state index in [2.05, 4.69) is 0 Å². The third-order valence-electron chi connectivity index (χ3n) is 3.77. The van der Waals surface area contributed by atoms with Gasteiger partial charge < -0.3 is 25.1 Å². The SMILES string of the molecule is COc1cc([C@@H](N)[C@@H](O)Cc2ccccc2)cc2c1OCO2. The number of rotatable bonds is 5. The maximum atomic E-state index is 10.4. The highest BCUT2D eigenvalue weighted by molar-refractivity contribution is 5.55. The fourth-order valence-corrected chi connectivity index (χ4v) is 2.55. The first kappa shape index (κ1) is 14.7. The summed E-state index contributed by atoms with van der Waals surface area (Å²) in [4.78, 5) is 0. The van der Waals surface area contributed by atoms with E-state index in [1.807, 2.05) is 30.3 Å². The predicted octanol–water partition coefficient (Wildman–Crippen LogP) is 2.03. The van der Waals surface area contributed by atoms with Gasteiger partial charge in [-0.1, -0.05) is 30.3 Å². The number of nitrogens with two attached hydrogens (primary N) is 1. The molecule has 0 aromatic heterocycles. The highest BCUT2D eigenvalue weighted by atomic mass is 16.7. The minimum absolute atomic E-state index is 0.164. The van der Waals surface area contributed by atoms with Crippen LogP contribution in [0.3, 0.4) is 0 Å². The first-order valence-electron chi connectivity index (χ1n) is 7.14. The van der Waals surface area contributed by atoms with Gasteiger partial charge in [-0.25, -0.2) is 0 Å². The molecule has 0 aliphatic carbocycles. The number of fused-ring (bicyclic) bond motifs is 1. The van der Waals surface area contributed by atoms with Crippen LogP contribution in [-0.4, -0.2) is 25.1 Å². The molecule has 0 radical (unpaired) electrons. The van der Waals surface area contributed by atoms with Gasteiger partial charge in [-0.2, -0.15) is 0 Å². The molecule has 3 N–H and O–H groups in total. The van der Waals surface area contributed by atoms with Crippen LogP contribution < -0.4 is 19.9 Å². The Bertz CT molecular complexity index is 645. The second-order valence-electron chi connectivity index (χ2n) is 5.24. The fraction of sp³-hybridized carbons (Fsp3) is 0.294. The first-order chi connectivity index (χ1) is 10.7. The lowest BCUT2D eigenvalue weighted by Gasteiger charge is -2.20. The van der Waals surface area contributed by atoms with Crippen molar-refractivity contribution in [2.24, 2.45) is 5.73 Å². The van der Waals surface area contributed by atoms with Crippen LogP contribution in [-0.2, 0) is 6.42 Å². The van der Waals surface area contributed by atoms with E-state index >= 15 is 0 Å². The third kappa shape index (κ3) is 2.86. The van der Waals surface area contributed by atoms with Gasteiger partial charge in [-0.3, -0.25) is 0 Å². The topological polar surface area (TPSA) is 73.9 Å². The Morgan fingerprint density at radius 3 is 2.73 bits per heavy atom. The van der Waals surface area contributed by atoms with Gasteiger partial charge in [-0.15, -0.1) is 0 Å². The summed E-state index contributed by atoms with van der Waals surface area (Å²) in [6, 6.07) is 12.8. The largest absolute Gasteiger partial charge is 0.493 e. The van der Waals surface area contributed by atoms with Gasteiger partial charge >= 0.3 is 0 Å². The zero-order valence-electron chi connectivity index (χ0n) is 12.4. The first-order valence-corrected chi connectivity index (χ1v) is 7.14. The summed E-state index contributed by atoms with van der Waals surface area (Å²) in [7, 11) is 1.56. The maximum absolute atomic E-state index is 10.4. The molecule has 0 spiro atoms. The summed E-state index contributed by atoms with van der Waals surface area (Å²) in [5.41, 5.74) is 8.00. The van der Waals surface area contributed by atoms with Crippen LogP contribution in [0.1, 0.15) is 17.2 Å². The molecule has 2 aromatic carbocycles. The van der Waals surface area contributed by atoms with Gasteiger partial charge in [0, 0.05) is 6.42 Å². The van der Waals surface area contributed by atoms with Crippen molar-refractivity contribution in [3.05, 3.63) is 53.6 Å². The Kier molecular flexibility index (Phi) is 4.18. The highest BCUT2D eigenvalue weighted by Gasteiger charge is 2.24. The molecule has 116 valence electrons. The van der Waals surface area contributed by atoms with E-state index in [0.717, 1.165) is 11.1 Å². The van der Waals surface area contributed by atoms with Crippen molar-refractivity contribution >= 4 is 0 Å². The number of hydrogen-bond donors (Lipinski definition) is 2. The predicted molar refractivity (Wildman–Crippen MR) is 82.2 cm³/mol. The van der Waals surface area contributed by atoms with Crippen molar-refractivity contribution < 1.29 is 19.3 Å². The van der Waals surface area contributed by atoms with Crippen LogP contribution in [0, 0.1) is 0 Å². The maximum Gasteiger partial charge on any atom is 0.231 e. The van der Waals surface area contributed by atoms with Crippen LogP contribution in [0.4, 0.5) is 0 Å². The highest BCUT2D eigenvalue weighted by Crippen LogP contribution is 2.43. The molecule has 5 heteroatoms. The van der Waals surface area contributed by atoms with Gasteiger partial charge in [0.25, 0.3) is 0 Å². The number of ether oxygens (including phenoxy) is 3. The molecule has 22 heavy (non-hydrogen) atoms. The quantitative estimate of drug-likeness (QED) is 0.884. The van der Waals surface area contributed by atoms with E-state index in [9.17, 15) is 5.11 Å². The van der Waals surface area contributed by atoms with Crippen molar-refractivity contribution in [2.45, 2.75) is 18.6 Å². The van der Waals surface area contributed by atoms with Crippen LogP contribution >= 0.6 is 0 Å². The smallest absolute Gasteiger partial charge is 0.231 e. The van der Waals surface area contributed by atoms with E-state index in [1.165, 1.54) is 0 Å². The normalized spacial score (nSPS) is 15.4. The van der Waals surface area contributed by atoms with Crippen LogP contribution in [0.25, 0.3) is 0 Å². The summed E-state index contributed by atoms with van der Waals surface area (Å²) in [5, 5.41) is 10.4. The van der Waals surface area contributed by atoms with Crippen molar-refractivity contribution in [3.63, 3.8) is 0 Å². The lowest BCUT2D eigenvalue weighted by atomic mass is 9.96. The molecule has 2 atom stereocenters. The van der Waals surface area contributed by atoms with Crippen molar-refractivity contribution in [1.82, 2.24) is 0 Å². The number of hydrogen-bond acceptors (Lipinski definition) is 5. The van der Waals surface area contributed by atoms with Crippen LogP contribution in [0.2, 0.25) is 0 Å². The monoisotopic (exact) mass is 301 g/mol. The average molecular weight is 301 g/mol. The minimum atomic E-state index is -0.701. The third-order valence-corrected chi connectivity index (χ3v) is 3.77. The molecule has 5 nitrogen and oxygen atoms in total. The molecule has 2 aromatic rings. The lowest BCUT2D eigenvalue weighted by Crippen LogP contribution is -2.28. The molecule has 0 saturated heterocycles. The molecular formula is C17H19NO4. The van der Waals surface area contributed by atoms with Crippen LogP contribution in [0.5, 0.6) is 17.2 Å². The van der Waals surface area contributed by atoms with Gasteiger partial charge in [0.05, 0.1) is 19.3 Å². The zero-order valence-corrected chi connectivity index (χ0v) is 12.4. The Hall–Kier alpha value is -2.24. The molecule has 0 fully saturated rings. The second kappa shape index (κ2) is 6.25. The molecule has 0 unspecified atom stereocenters. The molecule has 1 aliphatic rings. The molecule has 0 bridgehead atoms. The average Bonchev–Trinajstić information content (AvgIpc) is 3.02. The zero-order chi connectivity index (χ0) is 15.5. The van der Waals surface area contributed by atoms with Gasteiger partial charge in [-0.05, 0) is 23.3 Å². The summed E-state index contributed by atoms with van der Waals surface area (Å²) >= 11 is 0. The Morgan fingerprint density at radius 2 is 2.00 bits per heavy atom. The van der Waals surface area contributed by atoms with E-state index in [1.54, 1.807) is 19.2 Å². The summed E-state index contributed by atoms with van der Waals surface area (Å²) in [6.45, 7) is 0.164. The standard InChI is InChI=1S/C17H19NO4/c1-20-14-8-12(9-15-17(14)22-10-21-15)16(18)13(19)7-11-5-3-2-4-6-11/h2-6,8-9,13,16,19H,7,10,18H2,1H3/t13-,16+/m0/s1. The van der Waals surface area contributed by atoms with Crippen molar-refractivity contribution in [1.29, 1.82) is 0 Å². The number of aliphatic hydroxyl groups excluding tert-OH is 1. The fourth-order valence-electron chi connectivity index (χ4n) is 2.55. The van der Waals surface area contributed by atoms with E-state index in [4.69, 9.17) is 19.9 Å². The van der Waals surface area contributed by atoms with E-state index < -0.39 is 12.1 Å². The number of benzene rings is 2. The number of aliphatic hydroxyl groups is 1. The molecule has 0 amide bonds.